The van der Waals surface area contributed by atoms with Crippen molar-refractivity contribution in [1.29, 1.82) is 0 Å². The van der Waals surface area contributed by atoms with E-state index in [-0.39, 0.29) is 25.5 Å². The molecular formula is C14H11ClN2O6S2. The first-order valence-electron chi connectivity index (χ1n) is 6.55. The van der Waals surface area contributed by atoms with Gasteiger partial charge in [0.1, 0.15) is 0 Å². The maximum absolute atomic E-state index is 12.3. The molecule has 0 heterocycles. The summed E-state index contributed by atoms with van der Waals surface area (Å²) < 4.78 is 50.1. The molecule has 0 atom stereocenters. The minimum atomic E-state index is -4.54. The van der Waals surface area contributed by atoms with Crippen LogP contribution in [0, 0.1) is 0 Å². The van der Waals surface area contributed by atoms with Crippen molar-refractivity contribution in [2.24, 2.45) is 0 Å². The Kier molecular flexibility index (Phi) is 5.45. The van der Waals surface area contributed by atoms with E-state index in [0.29, 0.717) is 0 Å². The number of hydrogen-bond donors (Lipinski definition) is 1. The molecule has 0 spiro atoms. The van der Waals surface area contributed by atoms with Crippen LogP contribution in [0.25, 0.3) is 0 Å². The Bertz CT molecular complexity index is 989. The largest absolute Gasteiger partial charge is 0.352 e. The van der Waals surface area contributed by atoms with E-state index in [1.165, 1.54) is 35.1 Å². The zero-order valence-corrected chi connectivity index (χ0v) is 14.8. The third-order valence-corrected chi connectivity index (χ3v) is 6.17. The van der Waals surface area contributed by atoms with Gasteiger partial charge in [-0.2, -0.15) is 4.31 Å². The molecule has 8 nitrogen and oxygen atoms in total. The van der Waals surface area contributed by atoms with Crippen molar-refractivity contribution in [3.05, 3.63) is 59.6 Å². The second-order valence-corrected chi connectivity index (χ2v) is 8.52. The van der Waals surface area contributed by atoms with E-state index in [1.807, 2.05) is 0 Å². The van der Waals surface area contributed by atoms with Crippen LogP contribution in [-0.2, 0) is 24.8 Å². The molecule has 0 aliphatic carbocycles. The van der Waals surface area contributed by atoms with Crippen LogP contribution in [0.5, 0.6) is 0 Å². The molecular weight excluding hydrogens is 392 g/mol. The van der Waals surface area contributed by atoms with E-state index < -0.39 is 26.1 Å². The highest BCUT2D eigenvalue weighted by Gasteiger charge is 2.32. The molecule has 3 amide bonds. The topological polar surface area (TPSA) is 118 Å². The van der Waals surface area contributed by atoms with Crippen molar-refractivity contribution in [3.63, 3.8) is 0 Å². The Labute approximate surface area is 149 Å². The van der Waals surface area contributed by atoms with Gasteiger partial charge in [0, 0.05) is 5.02 Å². The number of urea groups is 1. The van der Waals surface area contributed by atoms with Gasteiger partial charge in [0.2, 0.25) is 6.41 Å². The molecule has 0 fully saturated rings. The number of benzene rings is 2. The standard InChI is InChI=1S/C14H11ClN2O6S2/c15-11-6-8-12(9-7-11)24(20,21)16-14(19)17(10-18)25(22,23)13-4-2-1-3-5-13/h1-10H,(H,16,19). The molecule has 0 bridgehead atoms. The molecule has 1 N–H and O–H groups in total. The molecule has 132 valence electrons. The fourth-order valence-electron chi connectivity index (χ4n) is 1.75. The number of hydrogen-bond acceptors (Lipinski definition) is 6. The number of imide groups is 1. The predicted molar refractivity (Wildman–Crippen MR) is 88.7 cm³/mol. The molecule has 0 aliphatic heterocycles. The maximum atomic E-state index is 12.3. The van der Waals surface area contributed by atoms with Crippen LogP contribution in [-0.4, -0.2) is 33.6 Å². The second kappa shape index (κ2) is 7.21. The number of sulfonamides is 2. The molecule has 2 aromatic carbocycles. The van der Waals surface area contributed by atoms with Crippen molar-refractivity contribution >= 4 is 44.1 Å². The number of halogens is 1. The monoisotopic (exact) mass is 402 g/mol. The summed E-state index contributed by atoms with van der Waals surface area (Å²) in [7, 11) is -8.94. The van der Waals surface area contributed by atoms with Gasteiger partial charge >= 0.3 is 6.03 Å². The van der Waals surface area contributed by atoms with Crippen molar-refractivity contribution in [1.82, 2.24) is 9.03 Å². The first kappa shape index (κ1) is 18.9. The lowest BCUT2D eigenvalue weighted by Crippen LogP contribution is -2.45. The highest BCUT2D eigenvalue weighted by atomic mass is 35.5. The van der Waals surface area contributed by atoms with Gasteiger partial charge in [-0.05, 0) is 36.4 Å². The summed E-state index contributed by atoms with van der Waals surface area (Å²) >= 11 is 5.65. The number of nitrogens with zero attached hydrogens (tertiary/aromatic N) is 1. The highest BCUT2D eigenvalue weighted by Crippen LogP contribution is 2.16. The lowest BCUT2D eigenvalue weighted by molar-refractivity contribution is -0.112. The van der Waals surface area contributed by atoms with Crippen LogP contribution in [0.15, 0.2) is 64.4 Å². The van der Waals surface area contributed by atoms with Crippen molar-refractivity contribution in [2.45, 2.75) is 9.79 Å². The quantitative estimate of drug-likeness (QED) is 0.758. The number of nitrogens with one attached hydrogen (secondary N) is 1. The summed E-state index contributed by atoms with van der Waals surface area (Å²) in [5.74, 6) is 0. The van der Waals surface area contributed by atoms with Gasteiger partial charge in [-0.25, -0.2) is 26.4 Å². The Morgan fingerprint density at radius 1 is 0.920 bits per heavy atom. The average Bonchev–Trinajstić information content (AvgIpc) is 2.56. The van der Waals surface area contributed by atoms with Crippen LogP contribution in [0.1, 0.15) is 0 Å². The van der Waals surface area contributed by atoms with Crippen molar-refractivity contribution < 1.29 is 26.4 Å². The first-order valence-corrected chi connectivity index (χ1v) is 9.86. The van der Waals surface area contributed by atoms with Gasteiger partial charge in [-0.1, -0.05) is 29.8 Å². The number of carbonyl (C=O) groups excluding carboxylic acids is 2. The molecule has 2 aromatic rings. The SMILES string of the molecule is O=CN(C(=O)NS(=O)(=O)c1ccc(Cl)cc1)S(=O)(=O)c1ccccc1. The summed E-state index contributed by atoms with van der Waals surface area (Å²) in [4.78, 5) is 22.5. The third kappa shape index (κ3) is 4.16. The summed E-state index contributed by atoms with van der Waals surface area (Å²) in [6.07, 6.45) is -0.283. The molecule has 0 aromatic heterocycles. The van der Waals surface area contributed by atoms with Gasteiger partial charge in [0.15, 0.2) is 0 Å². The minimum Gasteiger partial charge on any atom is -0.277 e. The number of amides is 3. The fourth-order valence-corrected chi connectivity index (χ4v) is 3.98. The van der Waals surface area contributed by atoms with Gasteiger partial charge < -0.3 is 0 Å². The lowest BCUT2D eigenvalue weighted by atomic mass is 10.4. The smallest absolute Gasteiger partial charge is 0.277 e. The van der Waals surface area contributed by atoms with Gasteiger partial charge in [-0.15, -0.1) is 0 Å². The van der Waals surface area contributed by atoms with E-state index in [4.69, 9.17) is 11.6 Å². The zero-order chi connectivity index (χ0) is 18.7. The molecule has 25 heavy (non-hydrogen) atoms. The summed E-state index contributed by atoms with van der Waals surface area (Å²) in [6, 6.07) is 9.79. The molecule has 0 saturated heterocycles. The van der Waals surface area contributed by atoms with Gasteiger partial charge in [0.05, 0.1) is 9.79 Å². The summed E-state index contributed by atoms with van der Waals surface area (Å²) in [5.41, 5.74) is 0. The van der Waals surface area contributed by atoms with Gasteiger partial charge in [-0.3, -0.25) is 4.79 Å². The van der Waals surface area contributed by atoms with Crippen LogP contribution >= 0.6 is 11.6 Å². The molecule has 0 radical (unpaired) electrons. The van der Waals surface area contributed by atoms with E-state index >= 15 is 0 Å². The van der Waals surface area contributed by atoms with E-state index in [0.717, 1.165) is 24.3 Å². The molecule has 2 rings (SSSR count). The van der Waals surface area contributed by atoms with E-state index in [9.17, 15) is 26.4 Å². The Balaban J connectivity index is 2.32. The number of rotatable bonds is 5. The minimum absolute atomic E-state index is 0.226. The third-order valence-electron chi connectivity index (χ3n) is 2.94. The zero-order valence-electron chi connectivity index (χ0n) is 12.4. The van der Waals surface area contributed by atoms with Crippen molar-refractivity contribution in [3.8, 4) is 0 Å². The van der Waals surface area contributed by atoms with Gasteiger partial charge in [0.25, 0.3) is 20.0 Å². The molecule has 0 aliphatic rings. The van der Waals surface area contributed by atoms with Crippen LogP contribution in [0.3, 0.4) is 0 Å². The highest BCUT2D eigenvalue weighted by molar-refractivity contribution is 7.91. The molecule has 0 unspecified atom stereocenters. The predicted octanol–water partition coefficient (Wildman–Crippen LogP) is 1.59. The summed E-state index contributed by atoms with van der Waals surface area (Å²) in [5, 5.41) is 0.270. The maximum Gasteiger partial charge on any atom is 0.352 e. The van der Waals surface area contributed by atoms with E-state index in [1.54, 1.807) is 0 Å². The first-order chi connectivity index (χ1) is 11.7. The molecule has 0 saturated carbocycles. The Morgan fingerprint density at radius 3 is 2.00 bits per heavy atom. The van der Waals surface area contributed by atoms with E-state index in [2.05, 4.69) is 0 Å². The van der Waals surface area contributed by atoms with Crippen LogP contribution in [0.4, 0.5) is 4.79 Å². The average molecular weight is 403 g/mol. The van der Waals surface area contributed by atoms with Crippen LogP contribution < -0.4 is 4.72 Å². The normalized spacial score (nSPS) is 11.6. The van der Waals surface area contributed by atoms with Crippen LogP contribution in [0.2, 0.25) is 5.02 Å². The fraction of sp³-hybridized carbons (Fsp3) is 0. The molecule has 11 heteroatoms. The number of carbonyl (C=O) groups is 2. The van der Waals surface area contributed by atoms with Crippen molar-refractivity contribution in [2.75, 3.05) is 0 Å². The second-order valence-electron chi connectivity index (χ2n) is 4.58. The lowest BCUT2D eigenvalue weighted by Gasteiger charge is -2.16. The summed E-state index contributed by atoms with van der Waals surface area (Å²) in [6.45, 7) is 0. The Hall–Kier alpha value is -2.43. The Morgan fingerprint density at radius 2 is 1.48 bits per heavy atom.